The number of aliphatic carboxylic acids is 1. The molecule has 1 saturated carbocycles. The summed E-state index contributed by atoms with van der Waals surface area (Å²) >= 11 is 6.93. The minimum absolute atomic E-state index is 0.0645. The Morgan fingerprint density at radius 3 is 2.74 bits per heavy atom. The van der Waals surface area contributed by atoms with E-state index in [1.165, 1.54) is 12.3 Å². The minimum Gasteiger partial charge on any atom is -0.480 e. The molecule has 6 nitrogen and oxygen atoms in total. The molecule has 2 aromatic heterocycles. The zero-order valence-electron chi connectivity index (χ0n) is 16.3. The van der Waals surface area contributed by atoms with Crippen molar-refractivity contribution in [3.05, 3.63) is 70.9 Å². The van der Waals surface area contributed by atoms with Crippen LogP contribution in [0.3, 0.4) is 0 Å². The summed E-state index contributed by atoms with van der Waals surface area (Å²) < 4.78 is 29.1. The molecular weight excluding hydrogens is 456 g/mol. The number of hydrogen-bond donors (Lipinski definition) is 2. The molecule has 0 aliphatic heterocycles. The number of rotatable bonds is 5. The average Bonchev–Trinajstić information content (AvgIpc) is 3.14. The van der Waals surface area contributed by atoms with Gasteiger partial charge in [0.15, 0.2) is 0 Å². The molecule has 1 fully saturated rings. The monoisotopic (exact) mass is 474 g/mol. The van der Waals surface area contributed by atoms with E-state index in [1.807, 2.05) is 24.3 Å². The number of halogens is 1. The van der Waals surface area contributed by atoms with Crippen LogP contribution in [-0.4, -0.2) is 30.0 Å². The van der Waals surface area contributed by atoms with Crippen LogP contribution in [0.15, 0.2) is 58.9 Å². The first-order valence-electron chi connectivity index (χ1n) is 9.90. The number of aromatic nitrogens is 1. The highest BCUT2D eigenvalue weighted by molar-refractivity contribution is 7.91. The highest BCUT2D eigenvalue weighted by Crippen LogP contribution is 2.62. The molecule has 0 amide bonds. The van der Waals surface area contributed by atoms with Gasteiger partial charge in [-0.25, -0.2) is 8.42 Å². The van der Waals surface area contributed by atoms with E-state index in [4.69, 9.17) is 11.6 Å². The number of thiophene rings is 1. The van der Waals surface area contributed by atoms with Gasteiger partial charge in [-0.1, -0.05) is 35.9 Å². The van der Waals surface area contributed by atoms with Crippen LogP contribution in [0.4, 0.5) is 0 Å². The fourth-order valence-corrected chi connectivity index (χ4v) is 7.58. The molecule has 2 heterocycles. The molecule has 9 heteroatoms. The Labute approximate surface area is 189 Å². The van der Waals surface area contributed by atoms with E-state index in [2.05, 4.69) is 9.71 Å². The maximum atomic E-state index is 13.2. The van der Waals surface area contributed by atoms with Crippen LogP contribution in [0.2, 0.25) is 5.02 Å². The van der Waals surface area contributed by atoms with Crippen LogP contribution < -0.4 is 4.72 Å². The molecule has 1 aromatic carbocycles. The summed E-state index contributed by atoms with van der Waals surface area (Å²) in [7, 11) is -4.03. The van der Waals surface area contributed by atoms with Gasteiger partial charge in [-0.15, -0.1) is 11.3 Å². The van der Waals surface area contributed by atoms with Crippen molar-refractivity contribution in [2.45, 2.75) is 34.9 Å². The lowest BCUT2D eigenvalue weighted by atomic mass is 9.97. The van der Waals surface area contributed by atoms with Gasteiger partial charge < -0.3 is 5.11 Å². The van der Waals surface area contributed by atoms with Crippen molar-refractivity contribution in [2.75, 3.05) is 0 Å². The van der Waals surface area contributed by atoms with Crippen LogP contribution >= 0.6 is 22.9 Å². The highest BCUT2D eigenvalue weighted by Gasteiger charge is 2.72. The summed E-state index contributed by atoms with van der Waals surface area (Å²) in [5.41, 5.74) is 1.13. The van der Waals surface area contributed by atoms with Crippen LogP contribution in [0, 0.1) is 5.92 Å². The van der Waals surface area contributed by atoms with Crippen LogP contribution in [0.25, 0.3) is 10.6 Å². The number of aryl methyl sites for hydroxylation is 1. The molecule has 3 aromatic rings. The first kappa shape index (κ1) is 20.6. The third-order valence-electron chi connectivity index (χ3n) is 6.20. The van der Waals surface area contributed by atoms with E-state index < -0.39 is 21.5 Å². The molecular formula is C22H19ClN2O4S2. The van der Waals surface area contributed by atoms with Crippen LogP contribution in [0.1, 0.15) is 29.9 Å². The molecule has 0 saturated heterocycles. The van der Waals surface area contributed by atoms with Crippen LogP contribution in [-0.2, 0) is 21.2 Å². The summed E-state index contributed by atoms with van der Waals surface area (Å²) in [6, 6.07) is 14.3. The maximum absolute atomic E-state index is 13.2. The van der Waals surface area contributed by atoms with Gasteiger partial charge in [0.2, 0.25) is 0 Å². The molecule has 2 aliphatic rings. The van der Waals surface area contributed by atoms with Gasteiger partial charge >= 0.3 is 5.97 Å². The number of sulfonamides is 1. The van der Waals surface area contributed by atoms with Crippen molar-refractivity contribution in [2.24, 2.45) is 5.92 Å². The van der Waals surface area contributed by atoms with Crippen molar-refractivity contribution >= 4 is 38.9 Å². The predicted molar refractivity (Wildman–Crippen MR) is 119 cm³/mol. The topological polar surface area (TPSA) is 96.4 Å². The molecule has 160 valence electrons. The summed E-state index contributed by atoms with van der Waals surface area (Å²) in [5.74, 6) is -1.75. The Balaban J connectivity index is 1.48. The Hall–Kier alpha value is -2.26. The number of nitrogens with one attached hydrogen (secondary N) is 1. The number of benzene rings is 1. The number of pyridine rings is 1. The summed E-state index contributed by atoms with van der Waals surface area (Å²) in [6.07, 6.45) is 3.88. The van der Waals surface area contributed by atoms with E-state index in [1.54, 1.807) is 18.2 Å². The molecule has 0 radical (unpaired) electrons. The van der Waals surface area contributed by atoms with Gasteiger partial charge in [0.05, 0.1) is 15.6 Å². The predicted octanol–water partition coefficient (Wildman–Crippen LogP) is 4.32. The number of hydrogen-bond acceptors (Lipinski definition) is 5. The van der Waals surface area contributed by atoms with Gasteiger partial charge in [0.1, 0.15) is 9.75 Å². The van der Waals surface area contributed by atoms with Gasteiger partial charge in [0.25, 0.3) is 10.0 Å². The Morgan fingerprint density at radius 1 is 1.19 bits per heavy atom. The standard InChI is InChI=1S/C22H19ClN2O4S2/c23-14-8-9-17(24-12-14)18-10-11-19(30-18)31(28,29)25-22(21(26)27)16-7-3-5-13-4-1-2-6-15(13)20(16)22/h1-2,4,6,8-12,16,20,25H,3,5,7H2,(H,26,27). The molecule has 3 unspecified atom stereocenters. The van der Waals surface area contributed by atoms with E-state index >= 15 is 0 Å². The zero-order chi connectivity index (χ0) is 21.8. The maximum Gasteiger partial charge on any atom is 0.325 e. The minimum atomic E-state index is -4.03. The lowest BCUT2D eigenvalue weighted by molar-refractivity contribution is -0.140. The number of fused-ring (bicyclic) bond motifs is 3. The Morgan fingerprint density at radius 2 is 2.00 bits per heavy atom. The van der Waals surface area contributed by atoms with E-state index in [0.29, 0.717) is 22.0 Å². The van der Waals surface area contributed by atoms with E-state index in [-0.39, 0.29) is 16.0 Å². The first-order chi connectivity index (χ1) is 14.8. The summed E-state index contributed by atoms with van der Waals surface area (Å²) in [5, 5.41) is 10.6. The van der Waals surface area contributed by atoms with Crippen LogP contribution in [0.5, 0.6) is 0 Å². The van der Waals surface area contributed by atoms with Crippen molar-refractivity contribution < 1.29 is 18.3 Å². The molecule has 5 rings (SSSR count). The molecule has 2 aliphatic carbocycles. The van der Waals surface area contributed by atoms with E-state index in [9.17, 15) is 18.3 Å². The second-order valence-corrected chi connectivity index (χ2v) is 11.4. The highest BCUT2D eigenvalue weighted by atomic mass is 35.5. The molecule has 0 spiro atoms. The number of nitrogens with zero attached hydrogens (tertiary/aromatic N) is 1. The van der Waals surface area contributed by atoms with Crippen molar-refractivity contribution in [1.29, 1.82) is 0 Å². The van der Waals surface area contributed by atoms with Gasteiger partial charge in [-0.3, -0.25) is 9.78 Å². The molecule has 2 N–H and O–H groups in total. The lowest BCUT2D eigenvalue weighted by Crippen LogP contribution is -2.46. The third-order valence-corrected chi connectivity index (χ3v) is 9.51. The Kier molecular flexibility index (Phi) is 4.93. The average molecular weight is 475 g/mol. The number of carboxylic acids is 1. The van der Waals surface area contributed by atoms with Gasteiger partial charge in [-0.2, -0.15) is 4.72 Å². The van der Waals surface area contributed by atoms with E-state index in [0.717, 1.165) is 35.3 Å². The molecule has 0 bridgehead atoms. The van der Waals surface area contributed by atoms with Crippen molar-refractivity contribution in [1.82, 2.24) is 9.71 Å². The first-order valence-corrected chi connectivity index (χ1v) is 12.6. The SMILES string of the molecule is O=C(O)C1(NS(=O)(=O)c2ccc(-c3ccc(Cl)cn3)s2)C2CCCc3ccccc3C21. The lowest BCUT2D eigenvalue weighted by Gasteiger charge is -2.18. The summed E-state index contributed by atoms with van der Waals surface area (Å²) in [4.78, 5) is 17.3. The van der Waals surface area contributed by atoms with Crippen molar-refractivity contribution in [3.63, 3.8) is 0 Å². The second kappa shape index (κ2) is 7.41. The third kappa shape index (κ3) is 3.38. The molecule has 31 heavy (non-hydrogen) atoms. The normalized spacial score (nSPS) is 24.7. The fourth-order valence-electron chi connectivity index (χ4n) is 4.76. The largest absolute Gasteiger partial charge is 0.480 e. The van der Waals surface area contributed by atoms with Crippen molar-refractivity contribution in [3.8, 4) is 10.6 Å². The van der Waals surface area contributed by atoms with Gasteiger partial charge in [0, 0.05) is 12.1 Å². The smallest absolute Gasteiger partial charge is 0.325 e. The molecule has 3 atom stereocenters. The zero-order valence-corrected chi connectivity index (χ0v) is 18.7. The van der Waals surface area contributed by atoms with Gasteiger partial charge in [-0.05, 0) is 60.6 Å². The second-order valence-electron chi connectivity index (χ2n) is 7.94. The Bertz CT molecular complexity index is 1270. The number of carbonyl (C=O) groups is 1. The fraction of sp³-hybridized carbons (Fsp3) is 0.273. The quantitative estimate of drug-likeness (QED) is 0.574. The summed E-state index contributed by atoms with van der Waals surface area (Å²) in [6.45, 7) is 0. The number of carboxylic acid groups (broad SMARTS) is 1.